The van der Waals surface area contributed by atoms with E-state index in [0.717, 1.165) is 5.76 Å². The van der Waals surface area contributed by atoms with Crippen LogP contribution in [0.2, 0.25) is 0 Å². The van der Waals surface area contributed by atoms with Crippen molar-refractivity contribution < 1.29 is 23.4 Å². The summed E-state index contributed by atoms with van der Waals surface area (Å²) in [5.74, 6) is 1.76. The quantitative estimate of drug-likeness (QED) is 0.758. The Morgan fingerprint density at radius 2 is 2.08 bits per heavy atom. The Morgan fingerprint density at radius 1 is 1.24 bits per heavy atom. The lowest BCUT2D eigenvalue weighted by Crippen LogP contribution is -2.17. The number of aryl methyl sites for hydroxylation is 1. The number of methoxy groups -OCH3 is 2. The van der Waals surface area contributed by atoms with E-state index in [9.17, 15) is 4.79 Å². The van der Waals surface area contributed by atoms with Crippen molar-refractivity contribution in [2.75, 3.05) is 19.5 Å². The fourth-order valence-electron chi connectivity index (χ4n) is 2.31. The van der Waals surface area contributed by atoms with E-state index in [-0.39, 0.29) is 5.75 Å². The Hall–Kier alpha value is -3.29. The zero-order valence-corrected chi connectivity index (χ0v) is 14.0. The largest absolute Gasteiger partial charge is 0.493 e. The van der Waals surface area contributed by atoms with Crippen LogP contribution in [-0.4, -0.2) is 30.3 Å². The summed E-state index contributed by atoms with van der Waals surface area (Å²) in [4.78, 5) is 20.3. The van der Waals surface area contributed by atoms with Gasteiger partial charge in [-0.05, 0) is 12.1 Å². The zero-order chi connectivity index (χ0) is 17.8. The number of aromatic nitrogens is 2. The number of amides is 1. The van der Waals surface area contributed by atoms with Gasteiger partial charge < -0.3 is 18.6 Å². The fraction of sp³-hybridized carbons (Fsp3) is 0.235. The average molecular weight is 343 g/mol. The van der Waals surface area contributed by atoms with Crippen molar-refractivity contribution in [3.8, 4) is 17.4 Å². The molecular formula is C17H17N3O5. The third-order valence-electron chi connectivity index (χ3n) is 3.53. The molecule has 0 unspecified atom stereocenters. The van der Waals surface area contributed by atoms with Crippen molar-refractivity contribution >= 4 is 22.7 Å². The number of nitrogens with zero attached hydrogens (tertiary/aromatic N) is 2. The molecule has 0 aliphatic rings. The standard InChI is InChI=1S/C17H17N3O5/c1-4-10-7-11-13(9-19-16(23-3)15(11)24-10)25-17(21)20-12-5-6-18-8-14(12)22-2/h5-9H,4H2,1-3H3,(H,18,20,21). The van der Waals surface area contributed by atoms with Gasteiger partial charge in [0.1, 0.15) is 5.76 Å². The molecule has 25 heavy (non-hydrogen) atoms. The third-order valence-corrected chi connectivity index (χ3v) is 3.53. The van der Waals surface area contributed by atoms with Crippen LogP contribution in [0.3, 0.4) is 0 Å². The van der Waals surface area contributed by atoms with Gasteiger partial charge >= 0.3 is 6.09 Å². The number of ether oxygens (including phenoxy) is 3. The number of furan rings is 1. The Kier molecular flexibility index (Phi) is 4.69. The number of pyridine rings is 2. The van der Waals surface area contributed by atoms with E-state index in [2.05, 4.69) is 15.3 Å². The van der Waals surface area contributed by atoms with Crippen molar-refractivity contribution in [1.82, 2.24) is 9.97 Å². The van der Waals surface area contributed by atoms with Gasteiger partial charge in [0, 0.05) is 12.6 Å². The van der Waals surface area contributed by atoms with Crippen LogP contribution in [0.25, 0.3) is 11.0 Å². The minimum absolute atomic E-state index is 0.268. The summed E-state index contributed by atoms with van der Waals surface area (Å²) >= 11 is 0. The van der Waals surface area contributed by atoms with Crippen LogP contribution in [0.5, 0.6) is 17.4 Å². The van der Waals surface area contributed by atoms with E-state index in [1.807, 2.05) is 6.92 Å². The summed E-state index contributed by atoms with van der Waals surface area (Å²) in [7, 11) is 2.99. The van der Waals surface area contributed by atoms with Crippen molar-refractivity contribution in [2.45, 2.75) is 13.3 Å². The number of fused-ring (bicyclic) bond motifs is 1. The summed E-state index contributed by atoms with van der Waals surface area (Å²) in [6, 6.07) is 3.41. The smallest absolute Gasteiger partial charge is 0.417 e. The summed E-state index contributed by atoms with van der Waals surface area (Å²) < 4.78 is 21.4. The maximum atomic E-state index is 12.2. The second kappa shape index (κ2) is 7.08. The van der Waals surface area contributed by atoms with Gasteiger partial charge in [-0.25, -0.2) is 9.78 Å². The Balaban J connectivity index is 1.87. The molecule has 0 aliphatic carbocycles. The highest BCUT2D eigenvalue weighted by Crippen LogP contribution is 2.34. The molecule has 130 valence electrons. The molecule has 0 bridgehead atoms. The van der Waals surface area contributed by atoms with Gasteiger partial charge in [0.05, 0.1) is 37.7 Å². The highest BCUT2D eigenvalue weighted by molar-refractivity contribution is 5.93. The first-order valence-electron chi connectivity index (χ1n) is 7.58. The molecule has 0 saturated heterocycles. The van der Waals surface area contributed by atoms with Gasteiger partial charge in [-0.15, -0.1) is 0 Å². The molecule has 3 aromatic heterocycles. The minimum atomic E-state index is -0.683. The molecule has 0 fully saturated rings. The van der Waals surface area contributed by atoms with Crippen LogP contribution in [0.15, 0.2) is 35.1 Å². The Morgan fingerprint density at radius 3 is 2.80 bits per heavy atom. The lowest BCUT2D eigenvalue weighted by Gasteiger charge is -2.10. The maximum absolute atomic E-state index is 12.2. The number of hydrogen-bond acceptors (Lipinski definition) is 7. The second-order valence-corrected chi connectivity index (χ2v) is 5.03. The predicted molar refractivity (Wildman–Crippen MR) is 90.4 cm³/mol. The summed E-state index contributed by atoms with van der Waals surface area (Å²) in [5, 5.41) is 3.22. The average Bonchev–Trinajstić information content (AvgIpc) is 3.07. The molecule has 3 aromatic rings. The van der Waals surface area contributed by atoms with Crippen molar-refractivity contribution in [2.24, 2.45) is 0 Å². The normalized spacial score (nSPS) is 10.5. The van der Waals surface area contributed by atoms with Crippen molar-refractivity contribution in [3.63, 3.8) is 0 Å². The van der Waals surface area contributed by atoms with E-state index in [1.165, 1.54) is 32.8 Å². The molecule has 1 amide bonds. The highest BCUT2D eigenvalue weighted by Gasteiger charge is 2.17. The van der Waals surface area contributed by atoms with Crippen molar-refractivity contribution in [1.29, 1.82) is 0 Å². The van der Waals surface area contributed by atoms with Crippen LogP contribution in [0.4, 0.5) is 10.5 Å². The SMILES string of the molecule is CCc1cc2c(OC(=O)Nc3ccncc3OC)cnc(OC)c2o1. The van der Waals surface area contributed by atoms with Gasteiger partial charge in [0.25, 0.3) is 5.88 Å². The van der Waals surface area contributed by atoms with E-state index in [1.54, 1.807) is 12.1 Å². The summed E-state index contributed by atoms with van der Waals surface area (Å²) in [5.41, 5.74) is 0.882. The van der Waals surface area contributed by atoms with Crippen LogP contribution < -0.4 is 19.5 Å². The topological polar surface area (TPSA) is 95.7 Å². The first-order valence-corrected chi connectivity index (χ1v) is 7.58. The van der Waals surface area contributed by atoms with E-state index in [0.29, 0.717) is 34.7 Å². The molecule has 3 heterocycles. The van der Waals surface area contributed by atoms with Crippen LogP contribution in [0.1, 0.15) is 12.7 Å². The number of carbonyl (C=O) groups is 1. The molecule has 3 rings (SSSR count). The Labute approximate surface area is 143 Å². The number of hydrogen-bond donors (Lipinski definition) is 1. The first kappa shape index (κ1) is 16.6. The molecule has 1 N–H and O–H groups in total. The highest BCUT2D eigenvalue weighted by atomic mass is 16.6. The van der Waals surface area contributed by atoms with E-state index < -0.39 is 6.09 Å². The molecule has 0 radical (unpaired) electrons. The maximum Gasteiger partial charge on any atom is 0.417 e. The lowest BCUT2D eigenvalue weighted by atomic mass is 10.2. The number of rotatable bonds is 5. The van der Waals surface area contributed by atoms with E-state index >= 15 is 0 Å². The van der Waals surface area contributed by atoms with Gasteiger partial charge in [-0.3, -0.25) is 10.3 Å². The fourth-order valence-corrected chi connectivity index (χ4v) is 2.31. The van der Waals surface area contributed by atoms with Gasteiger partial charge in [-0.1, -0.05) is 6.92 Å². The molecule has 0 aliphatic heterocycles. The van der Waals surface area contributed by atoms with E-state index in [4.69, 9.17) is 18.6 Å². The van der Waals surface area contributed by atoms with Gasteiger partial charge in [0.15, 0.2) is 17.1 Å². The van der Waals surface area contributed by atoms with Gasteiger partial charge in [0.2, 0.25) is 0 Å². The first-order chi connectivity index (χ1) is 12.2. The van der Waals surface area contributed by atoms with Crippen LogP contribution in [0, 0.1) is 0 Å². The van der Waals surface area contributed by atoms with Crippen molar-refractivity contribution in [3.05, 3.63) is 36.5 Å². The van der Waals surface area contributed by atoms with Crippen LogP contribution >= 0.6 is 0 Å². The Bertz CT molecular complexity index is 906. The summed E-state index contributed by atoms with van der Waals surface area (Å²) in [6.45, 7) is 1.96. The lowest BCUT2D eigenvalue weighted by molar-refractivity contribution is 0.215. The number of nitrogens with one attached hydrogen (secondary N) is 1. The predicted octanol–water partition coefficient (Wildman–Crippen LogP) is 3.41. The molecule has 0 spiro atoms. The molecule has 8 nitrogen and oxygen atoms in total. The minimum Gasteiger partial charge on any atom is -0.493 e. The number of carbonyl (C=O) groups excluding carboxylic acids is 1. The zero-order valence-electron chi connectivity index (χ0n) is 14.0. The molecule has 8 heteroatoms. The molecule has 0 atom stereocenters. The second-order valence-electron chi connectivity index (χ2n) is 5.03. The monoisotopic (exact) mass is 343 g/mol. The molecule has 0 aromatic carbocycles. The molecular weight excluding hydrogens is 326 g/mol. The summed E-state index contributed by atoms with van der Waals surface area (Å²) in [6.07, 6.45) is 4.45. The van der Waals surface area contributed by atoms with Crippen LogP contribution in [-0.2, 0) is 6.42 Å². The third kappa shape index (κ3) is 3.32. The van der Waals surface area contributed by atoms with Gasteiger partial charge in [-0.2, -0.15) is 0 Å². The molecule has 0 saturated carbocycles. The number of anilines is 1.